The van der Waals surface area contributed by atoms with Gasteiger partial charge in [0.1, 0.15) is 5.82 Å². The lowest BCUT2D eigenvalue weighted by Crippen LogP contribution is -2.47. The zero-order chi connectivity index (χ0) is 15.1. The van der Waals surface area contributed by atoms with Gasteiger partial charge in [-0.05, 0) is 26.7 Å². The van der Waals surface area contributed by atoms with E-state index in [1.165, 1.54) is 24.4 Å². The Morgan fingerprint density at radius 3 is 2.59 bits per heavy atom. The second kappa shape index (κ2) is 5.58. The maximum Gasteiger partial charge on any atom is 0.243 e. The molecule has 2 aromatic rings. The van der Waals surface area contributed by atoms with Crippen LogP contribution in [0.3, 0.4) is 0 Å². The molecule has 22 heavy (non-hydrogen) atoms. The summed E-state index contributed by atoms with van der Waals surface area (Å²) >= 11 is 1.48. The number of nitrogens with zero attached hydrogens (tertiary/aromatic N) is 6. The number of piperazine rings is 1. The summed E-state index contributed by atoms with van der Waals surface area (Å²) in [5, 5.41) is 5.15. The number of anilines is 1. The Kier molecular flexibility index (Phi) is 3.57. The van der Waals surface area contributed by atoms with Crippen LogP contribution >= 0.6 is 11.5 Å². The molecule has 2 aliphatic rings. The Morgan fingerprint density at radius 1 is 1.18 bits per heavy atom. The van der Waals surface area contributed by atoms with Crippen LogP contribution in [0.25, 0.3) is 0 Å². The molecule has 118 valence electrons. The summed E-state index contributed by atoms with van der Waals surface area (Å²) < 4.78 is 9.72. The predicted molar refractivity (Wildman–Crippen MR) is 83.1 cm³/mol. The molecule has 4 rings (SSSR count). The van der Waals surface area contributed by atoms with Crippen molar-refractivity contribution in [1.82, 2.24) is 24.4 Å². The van der Waals surface area contributed by atoms with Crippen molar-refractivity contribution in [3.8, 4) is 0 Å². The van der Waals surface area contributed by atoms with Crippen LogP contribution < -0.4 is 4.90 Å². The minimum Gasteiger partial charge on any atom is -0.344 e. The van der Waals surface area contributed by atoms with E-state index in [0.717, 1.165) is 48.9 Å². The average Bonchev–Trinajstić information content (AvgIpc) is 3.11. The molecule has 0 N–H and O–H groups in total. The molecular formula is C14H20N6OS. The van der Waals surface area contributed by atoms with Crippen LogP contribution in [0, 0.1) is 6.92 Å². The van der Waals surface area contributed by atoms with Gasteiger partial charge in [0, 0.05) is 43.6 Å². The third-order valence-electron chi connectivity index (χ3n) is 4.41. The summed E-state index contributed by atoms with van der Waals surface area (Å²) in [6.45, 7) is 7.95. The van der Waals surface area contributed by atoms with Crippen LogP contribution in [0.15, 0.2) is 4.52 Å². The van der Waals surface area contributed by atoms with Gasteiger partial charge in [-0.2, -0.15) is 9.36 Å². The van der Waals surface area contributed by atoms with Crippen LogP contribution in [-0.2, 0) is 0 Å². The molecule has 0 amide bonds. The van der Waals surface area contributed by atoms with E-state index in [1.54, 1.807) is 0 Å². The SMILES string of the molecule is Cc1nsc(N2CCN([C@H](C)c3nc(C4CC4)no3)CC2)n1. The molecule has 0 unspecified atom stereocenters. The molecule has 0 bridgehead atoms. The molecule has 0 radical (unpaired) electrons. The van der Waals surface area contributed by atoms with Crippen molar-refractivity contribution in [2.45, 2.75) is 38.6 Å². The first kappa shape index (κ1) is 14.1. The highest BCUT2D eigenvalue weighted by Gasteiger charge is 2.31. The van der Waals surface area contributed by atoms with Gasteiger partial charge in [0.15, 0.2) is 5.82 Å². The topological polar surface area (TPSA) is 71.2 Å². The first-order valence-electron chi connectivity index (χ1n) is 7.83. The van der Waals surface area contributed by atoms with E-state index < -0.39 is 0 Å². The number of aryl methyl sites for hydroxylation is 1. The molecular weight excluding hydrogens is 300 g/mol. The normalized spacial score (nSPS) is 21.3. The number of rotatable bonds is 4. The Morgan fingerprint density at radius 2 is 1.95 bits per heavy atom. The fourth-order valence-electron chi connectivity index (χ4n) is 2.80. The fraction of sp³-hybridized carbons (Fsp3) is 0.714. The van der Waals surface area contributed by atoms with Crippen molar-refractivity contribution < 1.29 is 4.52 Å². The Hall–Kier alpha value is -1.54. The monoisotopic (exact) mass is 320 g/mol. The quantitative estimate of drug-likeness (QED) is 0.853. The Balaban J connectivity index is 1.37. The molecule has 1 aliphatic heterocycles. The highest BCUT2D eigenvalue weighted by molar-refractivity contribution is 7.09. The van der Waals surface area contributed by atoms with Gasteiger partial charge in [-0.25, -0.2) is 4.98 Å². The van der Waals surface area contributed by atoms with Gasteiger partial charge in [-0.1, -0.05) is 5.16 Å². The number of hydrogen-bond donors (Lipinski definition) is 0. The molecule has 1 saturated heterocycles. The summed E-state index contributed by atoms with van der Waals surface area (Å²) in [6, 6.07) is 0.179. The largest absolute Gasteiger partial charge is 0.344 e. The molecule has 0 spiro atoms. The molecule has 1 atom stereocenters. The fourth-order valence-corrected chi connectivity index (χ4v) is 3.52. The summed E-state index contributed by atoms with van der Waals surface area (Å²) in [6.07, 6.45) is 2.40. The van der Waals surface area contributed by atoms with Crippen LogP contribution in [0.1, 0.15) is 49.3 Å². The van der Waals surface area contributed by atoms with E-state index in [1.807, 2.05) is 6.92 Å². The van der Waals surface area contributed by atoms with E-state index in [9.17, 15) is 0 Å². The zero-order valence-corrected chi connectivity index (χ0v) is 13.7. The van der Waals surface area contributed by atoms with Crippen molar-refractivity contribution in [2.24, 2.45) is 0 Å². The average molecular weight is 320 g/mol. The predicted octanol–water partition coefficient (Wildman–Crippen LogP) is 1.99. The lowest BCUT2D eigenvalue weighted by Gasteiger charge is -2.36. The van der Waals surface area contributed by atoms with E-state index in [-0.39, 0.29) is 6.04 Å². The van der Waals surface area contributed by atoms with Crippen molar-refractivity contribution in [3.05, 3.63) is 17.5 Å². The summed E-state index contributed by atoms with van der Waals surface area (Å²) in [7, 11) is 0. The van der Waals surface area contributed by atoms with Gasteiger partial charge in [0.05, 0.1) is 6.04 Å². The van der Waals surface area contributed by atoms with Crippen molar-refractivity contribution in [2.75, 3.05) is 31.1 Å². The van der Waals surface area contributed by atoms with Crippen LogP contribution in [0.4, 0.5) is 5.13 Å². The third kappa shape index (κ3) is 2.72. The first-order valence-corrected chi connectivity index (χ1v) is 8.61. The second-order valence-corrected chi connectivity index (χ2v) is 6.82. The Bertz CT molecular complexity index is 643. The Labute approximate surface area is 133 Å². The number of hydrogen-bond acceptors (Lipinski definition) is 8. The number of aromatic nitrogens is 4. The smallest absolute Gasteiger partial charge is 0.243 e. The lowest BCUT2D eigenvalue weighted by molar-refractivity contribution is 0.164. The zero-order valence-electron chi connectivity index (χ0n) is 12.9. The van der Waals surface area contributed by atoms with E-state index in [4.69, 9.17) is 4.52 Å². The van der Waals surface area contributed by atoms with Gasteiger partial charge in [0.2, 0.25) is 11.0 Å². The molecule has 1 saturated carbocycles. The summed E-state index contributed by atoms with van der Waals surface area (Å²) in [5.74, 6) is 3.04. The maximum atomic E-state index is 5.46. The van der Waals surface area contributed by atoms with Crippen LogP contribution in [-0.4, -0.2) is 50.6 Å². The summed E-state index contributed by atoms with van der Waals surface area (Å²) in [5.41, 5.74) is 0. The molecule has 7 nitrogen and oxygen atoms in total. The molecule has 2 aromatic heterocycles. The van der Waals surface area contributed by atoms with E-state index in [2.05, 4.69) is 36.2 Å². The van der Waals surface area contributed by atoms with Gasteiger partial charge in [-0.15, -0.1) is 0 Å². The van der Waals surface area contributed by atoms with Gasteiger partial charge >= 0.3 is 0 Å². The molecule has 2 fully saturated rings. The third-order valence-corrected chi connectivity index (χ3v) is 5.27. The molecule has 1 aliphatic carbocycles. The molecule has 8 heteroatoms. The van der Waals surface area contributed by atoms with Crippen LogP contribution in [0.2, 0.25) is 0 Å². The first-order chi connectivity index (χ1) is 10.7. The molecule has 0 aromatic carbocycles. The van der Waals surface area contributed by atoms with Crippen molar-refractivity contribution in [1.29, 1.82) is 0 Å². The second-order valence-electron chi connectivity index (χ2n) is 6.09. The van der Waals surface area contributed by atoms with Gasteiger partial charge in [0.25, 0.3) is 0 Å². The maximum absolute atomic E-state index is 5.46. The standard InChI is InChI=1S/C14H20N6OS/c1-9(13-16-12(17-21-13)11-3-4-11)19-5-7-20(8-6-19)14-15-10(2)18-22-14/h9,11H,3-8H2,1-2H3/t9-/m1/s1. The van der Waals surface area contributed by atoms with Crippen molar-refractivity contribution >= 4 is 16.7 Å². The van der Waals surface area contributed by atoms with Gasteiger partial charge in [-0.3, -0.25) is 4.90 Å². The molecule has 3 heterocycles. The van der Waals surface area contributed by atoms with E-state index in [0.29, 0.717) is 5.92 Å². The highest BCUT2D eigenvalue weighted by Crippen LogP contribution is 2.38. The minimum absolute atomic E-state index is 0.179. The van der Waals surface area contributed by atoms with E-state index >= 15 is 0 Å². The van der Waals surface area contributed by atoms with Crippen molar-refractivity contribution in [3.63, 3.8) is 0 Å². The minimum atomic E-state index is 0.179. The highest BCUT2D eigenvalue weighted by atomic mass is 32.1. The lowest BCUT2D eigenvalue weighted by atomic mass is 10.2. The van der Waals surface area contributed by atoms with Crippen LogP contribution in [0.5, 0.6) is 0 Å². The summed E-state index contributed by atoms with van der Waals surface area (Å²) in [4.78, 5) is 13.7. The van der Waals surface area contributed by atoms with Gasteiger partial charge < -0.3 is 9.42 Å².